The summed E-state index contributed by atoms with van der Waals surface area (Å²) in [5.41, 5.74) is 0.310. The van der Waals surface area contributed by atoms with E-state index in [0.717, 1.165) is 0 Å². The van der Waals surface area contributed by atoms with Gasteiger partial charge < -0.3 is 5.32 Å². The molecule has 0 saturated heterocycles. The van der Waals surface area contributed by atoms with Gasteiger partial charge in [-0.3, -0.25) is 10.1 Å². The van der Waals surface area contributed by atoms with Crippen LogP contribution in [0, 0.1) is 19.5 Å². The Bertz CT molecular complexity index is 654. The van der Waals surface area contributed by atoms with Crippen LogP contribution in [0.1, 0.15) is 0 Å². The van der Waals surface area contributed by atoms with Gasteiger partial charge in [-0.2, -0.15) is 0 Å². The number of nitro groups is 1. The van der Waals surface area contributed by atoms with Gasteiger partial charge in [0, 0.05) is 9.64 Å². The summed E-state index contributed by atoms with van der Waals surface area (Å²) >= 11 is 7.63. The van der Waals surface area contributed by atoms with E-state index in [4.69, 9.17) is 11.6 Å². The Labute approximate surface area is 126 Å². The molecular formula is C11H6ClFIN3O2. The van der Waals surface area contributed by atoms with Crippen molar-refractivity contribution in [2.24, 2.45) is 0 Å². The molecule has 2 aromatic rings. The third kappa shape index (κ3) is 3.29. The Kier molecular flexibility index (Phi) is 4.15. The third-order valence-corrected chi connectivity index (χ3v) is 3.32. The first kappa shape index (κ1) is 13.9. The molecule has 0 amide bonds. The van der Waals surface area contributed by atoms with Crippen molar-refractivity contribution in [3.05, 3.63) is 55.0 Å². The van der Waals surface area contributed by atoms with Crippen LogP contribution < -0.4 is 5.32 Å². The standard InChI is InChI=1S/C11H6ClFIN3O2/c12-10-4-3-9(17(18)19)11(16-10)15-8-2-1-6(13)5-7(8)14/h1-5H,(H,15,16). The summed E-state index contributed by atoms with van der Waals surface area (Å²) in [6.07, 6.45) is 0. The summed E-state index contributed by atoms with van der Waals surface area (Å²) < 4.78 is 13.6. The van der Waals surface area contributed by atoms with Crippen LogP contribution in [-0.2, 0) is 0 Å². The van der Waals surface area contributed by atoms with Crippen molar-refractivity contribution in [1.82, 2.24) is 4.98 Å². The zero-order valence-electron chi connectivity index (χ0n) is 9.23. The van der Waals surface area contributed by atoms with Crippen LogP contribution in [0.2, 0.25) is 5.15 Å². The maximum absolute atomic E-state index is 13.0. The molecule has 5 nitrogen and oxygen atoms in total. The number of halogens is 3. The number of benzene rings is 1. The van der Waals surface area contributed by atoms with Crippen LogP contribution >= 0.6 is 34.2 Å². The predicted octanol–water partition coefficient (Wildman–Crippen LogP) is 4.13. The number of nitrogens with one attached hydrogen (secondary N) is 1. The molecule has 98 valence electrons. The fourth-order valence-corrected chi connectivity index (χ4v) is 2.15. The maximum atomic E-state index is 13.0. The number of hydrogen-bond donors (Lipinski definition) is 1. The van der Waals surface area contributed by atoms with Crippen molar-refractivity contribution in [3.63, 3.8) is 0 Å². The van der Waals surface area contributed by atoms with E-state index >= 15 is 0 Å². The average Bonchev–Trinajstić information content (AvgIpc) is 2.32. The summed E-state index contributed by atoms with van der Waals surface area (Å²) in [5, 5.41) is 13.8. The molecule has 0 saturated carbocycles. The molecule has 0 spiro atoms. The van der Waals surface area contributed by atoms with Crippen LogP contribution in [-0.4, -0.2) is 9.91 Å². The highest BCUT2D eigenvalue weighted by Crippen LogP contribution is 2.29. The van der Waals surface area contributed by atoms with Crippen molar-refractivity contribution >= 4 is 51.4 Å². The van der Waals surface area contributed by atoms with Gasteiger partial charge in [-0.25, -0.2) is 9.37 Å². The lowest BCUT2D eigenvalue weighted by molar-refractivity contribution is -0.384. The molecule has 19 heavy (non-hydrogen) atoms. The van der Waals surface area contributed by atoms with Gasteiger partial charge >= 0.3 is 5.69 Å². The molecule has 1 heterocycles. The molecule has 0 fully saturated rings. The van der Waals surface area contributed by atoms with E-state index in [0.29, 0.717) is 9.26 Å². The molecule has 2 rings (SSSR count). The highest BCUT2D eigenvalue weighted by molar-refractivity contribution is 14.1. The fraction of sp³-hybridized carbons (Fsp3) is 0. The average molecular weight is 394 g/mol. The van der Waals surface area contributed by atoms with Crippen LogP contribution in [0.5, 0.6) is 0 Å². The second-order valence-corrected chi connectivity index (χ2v) is 5.06. The number of anilines is 2. The smallest absolute Gasteiger partial charge is 0.311 e. The quantitative estimate of drug-likeness (QED) is 0.368. The largest absolute Gasteiger partial charge is 0.334 e. The van der Waals surface area contributed by atoms with Crippen LogP contribution in [0.3, 0.4) is 0 Å². The van der Waals surface area contributed by atoms with Gasteiger partial charge in [0.05, 0.1) is 10.6 Å². The Morgan fingerprint density at radius 3 is 2.74 bits per heavy atom. The van der Waals surface area contributed by atoms with Crippen LogP contribution in [0.15, 0.2) is 30.3 Å². The Balaban J connectivity index is 2.42. The van der Waals surface area contributed by atoms with Gasteiger partial charge in [0.1, 0.15) is 11.0 Å². The van der Waals surface area contributed by atoms with E-state index in [-0.39, 0.29) is 22.5 Å². The predicted molar refractivity (Wildman–Crippen MR) is 78.3 cm³/mol. The molecule has 0 unspecified atom stereocenters. The number of nitrogens with zero attached hydrogens (tertiary/aromatic N) is 2. The molecule has 0 atom stereocenters. The summed E-state index contributed by atoms with van der Waals surface area (Å²) in [4.78, 5) is 14.2. The Morgan fingerprint density at radius 2 is 2.11 bits per heavy atom. The molecule has 0 aliphatic rings. The topological polar surface area (TPSA) is 68.1 Å². The highest BCUT2D eigenvalue weighted by Gasteiger charge is 2.16. The Morgan fingerprint density at radius 1 is 1.37 bits per heavy atom. The van der Waals surface area contributed by atoms with E-state index < -0.39 is 4.92 Å². The molecule has 0 aliphatic heterocycles. The second kappa shape index (κ2) is 5.66. The van der Waals surface area contributed by atoms with Gasteiger partial charge in [-0.15, -0.1) is 0 Å². The summed E-state index contributed by atoms with van der Waals surface area (Å²) in [6.45, 7) is 0. The van der Waals surface area contributed by atoms with Gasteiger partial charge in [0.25, 0.3) is 0 Å². The van der Waals surface area contributed by atoms with E-state index in [1.54, 1.807) is 0 Å². The summed E-state index contributed by atoms with van der Waals surface area (Å²) in [6, 6.07) is 6.62. The van der Waals surface area contributed by atoms with Gasteiger partial charge in [0.15, 0.2) is 0 Å². The molecule has 0 bridgehead atoms. The molecular weight excluding hydrogens is 387 g/mol. The zero-order chi connectivity index (χ0) is 14.0. The van der Waals surface area contributed by atoms with Crippen LogP contribution in [0.4, 0.5) is 21.6 Å². The highest BCUT2D eigenvalue weighted by atomic mass is 127. The molecule has 0 radical (unpaired) electrons. The molecule has 1 aromatic heterocycles. The molecule has 1 aromatic carbocycles. The first-order valence-electron chi connectivity index (χ1n) is 5.00. The zero-order valence-corrected chi connectivity index (χ0v) is 12.1. The van der Waals surface area contributed by atoms with Crippen molar-refractivity contribution in [2.75, 3.05) is 5.32 Å². The molecule has 0 aliphatic carbocycles. The fourth-order valence-electron chi connectivity index (χ4n) is 1.39. The van der Waals surface area contributed by atoms with Gasteiger partial charge in [0.2, 0.25) is 5.82 Å². The first-order chi connectivity index (χ1) is 8.97. The van der Waals surface area contributed by atoms with E-state index in [9.17, 15) is 14.5 Å². The van der Waals surface area contributed by atoms with E-state index in [2.05, 4.69) is 10.3 Å². The lowest BCUT2D eigenvalue weighted by Gasteiger charge is -2.08. The van der Waals surface area contributed by atoms with Gasteiger partial charge in [-0.05, 0) is 46.9 Å². The van der Waals surface area contributed by atoms with Crippen molar-refractivity contribution < 1.29 is 9.31 Å². The minimum atomic E-state index is -0.567. The summed E-state index contributed by atoms with van der Waals surface area (Å²) in [7, 11) is 0. The first-order valence-corrected chi connectivity index (χ1v) is 6.46. The SMILES string of the molecule is O=[N+]([O-])c1ccc(Cl)nc1Nc1ccc(F)cc1I. The minimum absolute atomic E-state index is 0.0158. The van der Waals surface area contributed by atoms with E-state index in [1.165, 1.54) is 30.3 Å². The molecule has 1 N–H and O–H groups in total. The number of rotatable bonds is 3. The Hall–Kier alpha value is -1.48. The number of pyridine rings is 1. The van der Waals surface area contributed by atoms with Crippen LogP contribution in [0.25, 0.3) is 0 Å². The lowest BCUT2D eigenvalue weighted by atomic mass is 10.3. The number of hydrogen-bond acceptors (Lipinski definition) is 4. The monoisotopic (exact) mass is 393 g/mol. The van der Waals surface area contributed by atoms with Crippen molar-refractivity contribution in [3.8, 4) is 0 Å². The molecule has 8 heteroatoms. The summed E-state index contributed by atoms with van der Waals surface area (Å²) in [5.74, 6) is -0.370. The lowest BCUT2D eigenvalue weighted by Crippen LogP contribution is -2.01. The van der Waals surface area contributed by atoms with Gasteiger partial charge in [-0.1, -0.05) is 11.6 Å². The van der Waals surface area contributed by atoms with Crippen molar-refractivity contribution in [1.29, 1.82) is 0 Å². The normalized spacial score (nSPS) is 10.3. The maximum Gasteiger partial charge on any atom is 0.311 e. The third-order valence-electron chi connectivity index (χ3n) is 2.22. The van der Waals surface area contributed by atoms with E-state index in [1.807, 2.05) is 22.6 Å². The second-order valence-electron chi connectivity index (χ2n) is 3.51. The minimum Gasteiger partial charge on any atom is -0.334 e. The number of aromatic nitrogens is 1. The van der Waals surface area contributed by atoms with Crippen molar-refractivity contribution in [2.45, 2.75) is 0 Å².